The molecule has 4 heteroatoms. The number of hydrogen-bond acceptors (Lipinski definition) is 2. The molecule has 114 valence electrons. The van der Waals surface area contributed by atoms with Gasteiger partial charge in [0.25, 0.3) is 0 Å². The zero-order valence-electron chi connectivity index (χ0n) is 13.4. The Morgan fingerprint density at radius 2 is 2.10 bits per heavy atom. The molecule has 0 spiro atoms. The Balaban J connectivity index is 2.12. The van der Waals surface area contributed by atoms with Crippen molar-refractivity contribution in [3.63, 3.8) is 0 Å². The zero-order chi connectivity index (χ0) is 14.9. The van der Waals surface area contributed by atoms with E-state index in [1.807, 2.05) is 0 Å². The van der Waals surface area contributed by atoms with Gasteiger partial charge >= 0.3 is 0 Å². The largest absolute Gasteiger partial charge is 0.248 e. The van der Waals surface area contributed by atoms with E-state index in [1.54, 1.807) is 6.33 Å². The standard InChI is InChI=1S/C16H28BrN3/c1-11(2)20-15(18-10-19-20)9-16(4,5)13-7-6-12(3)8-14(13)17/h10-14H,6-9H2,1-5H3. The van der Waals surface area contributed by atoms with Gasteiger partial charge in [0.15, 0.2) is 0 Å². The third kappa shape index (κ3) is 3.44. The Labute approximate surface area is 131 Å². The van der Waals surface area contributed by atoms with Crippen molar-refractivity contribution in [3.8, 4) is 0 Å². The van der Waals surface area contributed by atoms with Crippen LogP contribution >= 0.6 is 15.9 Å². The fraction of sp³-hybridized carbons (Fsp3) is 0.875. The molecule has 3 nitrogen and oxygen atoms in total. The van der Waals surface area contributed by atoms with Crippen molar-refractivity contribution in [3.05, 3.63) is 12.2 Å². The molecule has 0 aromatic carbocycles. The molecule has 0 saturated heterocycles. The van der Waals surface area contributed by atoms with Gasteiger partial charge in [0.2, 0.25) is 0 Å². The number of nitrogens with zero attached hydrogens (tertiary/aromatic N) is 3. The first-order chi connectivity index (χ1) is 9.31. The fourth-order valence-electron chi connectivity index (χ4n) is 3.56. The average Bonchev–Trinajstić information content (AvgIpc) is 2.75. The third-order valence-electron chi connectivity index (χ3n) is 4.79. The Hall–Kier alpha value is -0.380. The van der Waals surface area contributed by atoms with E-state index in [9.17, 15) is 0 Å². The molecule has 1 aromatic rings. The third-order valence-corrected chi connectivity index (χ3v) is 5.80. The highest BCUT2D eigenvalue weighted by Gasteiger charge is 2.38. The lowest BCUT2D eigenvalue weighted by Gasteiger charge is -2.42. The van der Waals surface area contributed by atoms with Crippen LogP contribution in [-0.2, 0) is 6.42 Å². The van der Waals surface area contributed by atoms with Crippen LogP contribution in [0.15, 0.2) is 6.33 Å². The van der Waals surface area contributed by atoms with Crippen molar-refractivity contribution < 1.29 is 0 Å². The summed E-state index contributed by atoms with van der Waals surface area (Å²) >= 11 is 3.94. The summed E-state index contributed by atoms with van der Waals surface area (Å²) in [6.45, 7) is 11.5. The van der Waals surface area contributed by atoms with E-state index >= 15 is 0 Å². The quantitative estimate of drug-likeness (QED) is 0.747. The molecule has 20 heavy (non-hydrogen) atoms. The van der Waals surface area contributed by atoms with E-state index in [-0.39, 0.29) is 5.41 Å². The normalized spacial score (nSPS) is 28.1. The van der Waals surface area contributed by atoms with Crippen molar-refractivity contribution in [2.45, 2.75) is 71.2 Å². The molecule has 1 aliphatic rings. The molecule has 0 bridgehead atoms. The van der Waals surface area contributed by atoms with Crippen molar-refractivity contribution in [2.75, 3.05) is 0 Å². The van der Waals surface area contributed by atoms with E-state index in [2.05, 4.69) is 65.3 Å². The molecule has 1 saturated carbocycles. The summed E-state index contributed by atoms with van der Waals surface area (Å²) in [5.74, 6) is 2.70. The molecule has 1 fully saturated rings. The van der Waals surface area contributed by atoms with Crippen LogP contribution in [0.4, 0.5) is 0 Å². The molecule has 1 aliphatic carbocycles. The molecule has 0 amide bonds. The molecular weight excluding hydrogens is 314 g/mol. The maximum Gasteiger partial charge on any atom is 0.138 e. The van der Waals surface area contributed by atoms with Crippen LogP contribution in [0.3, 0.4) is 0 Å². The second kappa shape index (κ2) is 6.17. The maximum atomic E-state index is 4.49. The lowest BCUT2D eigenvalue weighted by atomic mass is 9.67. The number of aromatic nitrogens is 3. The molecule has 0 aliphatic heterocycles. The highest BCUT2D eigenvalue weighted by molar-refractivity contribution is 9.09. The Morgan fingerprint density at radius 1 is 1.40 bits per heavy atom. The molecular formula is C16H28BrN3. The first-order valence-electron chi connectivity index (χ1n) is 7.83. The lowest BCUT2D eigenvalue weighted by Crippen LogP contribution is -2.37. The number of rotatable bonds is 4. The Kier molecular flexibility index (Phi) is 4.93. The maximum absolute atomic E-state index is 4.49. The summed E-state index contributed by atoms with van der Waals surface area (Å²) < 4.78 is 2.07. The van der Waals surface area contributed by atoms with Crippen molar-refractivity contribution in [1.82, 2.24) is 14.8 Å². The SMILES string of the molecule is CC1CCC(C(C)(C)Cc2ncnn2C(C)C)C(Br)C1. The fourth-order valence-corrected chi connectivity index (χ4v) is 5.18. The van der Waals surface area contributed by atoms with Gasteiger partial charge in [-0.2, -0.15) is 5.10 Å². The van der Waals surface area contributed by atoms with Crippen LogP contribution in [0.25, 0.3) is 0 Å². The minimum atomic E-state index is 0.258. The monoisotopic (exact) mass is 341 g/mol. The summed E-state index contributed by atoms with van der Waals surface area (Å²) in [7, 11) is 0. The summed E-state index contributed by atoms with van der Waals surface area (Å²) in [5, 5.41) is 4.37. The van der Waals surface area contributed by atoms with E-state index < -0.39 is 0 Å². The highest BCUT2D eigenvalue weighted by atomic mass is 79.9. The highest BCUT2D eigenvalue weighted by Crippen LogP contribution is 2.45. The Morgan fingerprint density at radius 3 is 2.70 bits per heavy atom. The van der Waals surface area contributed by atoms with Crippen molar-refractivity contribution in [2.24, 2.45) is 17.3 Å². The van der Waals surface area contributed by atoms with Gasteiger partial charge in [-0.05, 0) is 43.9 Å². The van der Waals surface area contributed by atoms with Crippen LogP contribution in [0.1, 0.15) is 65.7 Å². The summed E-state index contributed by atoms with van der Waals surface area (Å²) in [4.78, 5) is 5.13. The lowest BCUT2D eigenvalue weighted by molar-refractivity contribution is 0.142. The van der Waals surface area contributed by atoms with Crippen LogP contribution in [0.2, 0.25) is 0 Å². The second-order valence-corrected chi connectivity index (χ2v) is 8.60. The van der Waals surface area contributed by atoms with Crippen molar-refractivity contribution in [1.29, 1.82) is 0 Å². The number of alkyl halides is 1. The van der Waals surface area contributed by atoms with Gasteiger partial charge in [0.1, 0.15) is 12.2 Å². The number of halogens is 1. The smallest absolute Gasteiger partial charge is 0.138 e. The van der Waals surface area contributed by atoms with Crippen LogP contribution in [-0.4, -0.2) is 19.6 Å². The second-order valence-electron chi connectivity index (χ2n) is 7.42. The van der Waals surface area contributed by atoms with Gasteiger partial charge in [0, 0.05) is 17.3 Å². The topological polar surface area (TPSA) is 30.7 Å². The molecule has 1 aromatic heterocycles. The Bertz CT molecular complexity index is 439. The summed E-state index contributed by atoms with van der Waals surface area (Å²) in [6, 6.07) is 0.384. The van der Waals surface area contributed by atoms with E-state index in [4.69, 9.17) is 0 Å². The van der Waals surface area contributed by atoms with E-state index in [0.29, 0.717) is 10.9 Å². The van der Waals surface area contributed by atoms with Gasteiger partial charge in [-0.25, -0.2) is 9.67 Å². The summed E-state index contributed by atoms with van der Waals surface area (Å²) in [5.41, 5.74) is 0.258. The predicted octanol–water partition coefficient (Wildman–Crippen LogP) is 4.63. The number of hydrogen-bond donors (Lipinski definition) is 0. The van der Waals surface area contributed by atoms with Crippen LogP contribution in [0.5, 0.6) is 0 Å². The van der Waals surface area contributed by atoms with Gasteiger partial charge in [-0.15, -0.1) is 0 Å². The van der Waals surface area contributed by atoms with Gasteiger partial charge in [0.05, 0.1) is 0 Å². The van der Waals surface area contributed by atoms with Crippen molar-refractivity contribution >= 4 is 15.9 Å². The molecule has 0 radical (unpaired) electrons. The predicted molar refractivity (Wildman–Crippen MR) is 87.1 cm³/mol. The summed E-state index contributed by atoms with van der Waals surface area (Å²) in [6.07, 6.45) is 6.67. The minimum Gasteiger partial charge on any atom is -0.248 e. The van der Waals surface area contributed by atoms with Crippen LogP contribution < -0.4 is 0 Å². The van der Waals surface area contributed by atoms with Crippen LogP contribution in [0, 0.1) is 17.3 Å². The zero-order valence-corrected chi connectivity index (χ0v) is 15.0. The molecule has 2 rings (SSSR count). The van der Waals surface area contributed by atoms with Gasteiger partial charge in [-0.1, -0.05) is 43.1 Å². The van der Waals surface area contributed by atoms with E-state index in [1.165, 1.54) is 19.3 Å². The van der Waals surface area contributed by atoms with Gasteiger partial charge < -0.3 is 0 Å². The molecule has 3 unspecified atom stereocenters. The molecule has 3 atom stereocenters. The average molecular weight is 342 g/mol. The molecule has 0 N–H and O–H groups in total. The first-order valence-corrected chi connectivity index (χ1v) is 8.75. The van der Waals surface area contributed by atoms with E-state index in [0.717, 1.165) is 24.1 Å². The first kappa shape index (κ1) is 16.0. The van der Waals surface area contributed by atoms with Gasteiger partial charge in [-0.3, -0.25) is 0 Å². The molecule has 1 heterocycles. The minimum absolute atomic E-state index is 0.258.